The molecular formula is C19H22N2O3S. The zero-order chi connectivity index (χ0) is 18.0. The molecule has 0 radical (unpaired) electrons. The number of nitrogens with one attached hydrogen (secondary N) is 1. The van der Waals surface area contributed by atoms with E-state index in [2.05, 4.69) is 4.72 Å². The van der Waals surface area contributed by atoms with Crippen LogP contribution in [0.5, 0.6) is 0 Å². The fraction of sp³-hybridized carbons (Fsp3) is 0.316. The molecule has 1 fully saturated rings. The van der Waals surface area contributed by atoms with Gasteiger partial charge in [0.15, 0.2) is 0 Å². The third-order valence-corrected chi connectivity index (χ3v) is 5.74. The van der Waals surface area contributed by atoms with Crippen LogP contribution in [0.25, 0.3) is 0 Å². The highest BCUT2D eigenvalue weighted by atomic mass is 32.2. The summed E-state index contributed by atoms with van der Waals surface area (Å²) < 4.78 is 27.7. The molecule has 0 spiro atoms. The van der Waals surface area contributed by atoms with Crippen LogP contribution in [0.2, 0.25) is 0 Å². The van der Waals surface area contributed by atoms with Crippen molar-refractivity contribution in [3.8, 4) is 0 Å². The van der Waals surface area contributed by atoms with Gasteiger partial charge in [0.2, 0.25) is 5.91 Å². The molecule has 1 N–H and O–H groups in total. The molecule has 0 atom stereocenters. The van der Waals surface area contributed by atoms with Crippen LogP contribution in [0.4, 0.5) is 11.4 Å². The van der Waals surface area contributed by atoms with Gasteiger partial charge in [-0.05, 0) is 68.1 Å². The van der Waals surface area contributed by atoms with Crippen LogP contribution in [0.3, 0.4) is 0 Å². The lowest BCUT2D eigenvalue weighted by Gasteiger charge is -2.28. The Labute approximate surface area is 148 Å². The van der Waals surface area contributed by atoms with Crippen molar-refractivity contribution < 1.29 is 13.2 Å². The fourth-order valence-corrected chi connectivity index (χ4v) is 4.23. The van der Waals surface area contributed by atoms with E-state index in [1.165, 1.54) is 0 Å². The first-order valence-corrected chi connectivity index (χ1v) is 9.86. The number of hydrogen-bond donors (Lipinski definition) is 1. The van der Waals surface area contributed by atoms with Gasteiger partial charge in [0.05, 0.1) is 4.90 Å². The van der Waals surface area contributed by atoms with Crippen molar-refractivity contribution in [2.24, 2.45) is 0 Å². The Kier molecular flexibility index (Phi) is 4.81. The highest BCUT2D eigenvalue weighted by molar-refractivity contribution is 7.92. The van der Waals surface area contributed by atoms with Gasteiger partial charge in [-0.3, -0.25) is 9.52 Å². The predicted molar refractivity (Wildman–Crippen MR) is 99.4 cm³/mol. The topological polar surface area (TPSA) is 66.5 Å². The van der Waals surface area contributed by atoms with Gasteiger partial charge in [-0.2, -0.15) is 0 Å². The number of benzene rings is 2. The minimum Gasteiger partial charge on any atom is -0.312 e. The first-order chi connectivity index (χ1) is 11.9. The van der Waals surface area contributed by atoms with Crippen LogP contribution in [-0.2, 0) is 14.8 Å². The smallest absolute Gasteiger partial charge is 0.261 e. The van der Waals surface area contributed by atoms with E-state index in [1.807, 2.05) is 26.0 Å². The van der Waals surface area contributed by atoms with Gasteiger partial charge < -0.3 is 4.90 Å². The van der Waals surface area contributed by atoms with Gasteiger partial charge in [0.1, 0.15) is 0 Å². The first kappa shape index (κ1) is 17.5. The molecule has 1 heterocycles. The number of sulfonamides is 1. The summed E-state index contributed by atoms with van der Waals surface area (Å²) in [5, 5.41) is 0. The second kappa shape index (κ2) is 6.88. The van der Waals surface area contributed by atoms with Crippen molar-refractivity contribution in [3.63, 3.8) is 0 Å². The standard InChI is InChI=1S/C19H22N2O3S/c1-14-6-5-7-17(12-14)25(23,24)20-16-9-10-18(15(2)13-16)21-11-4-3-8-19(21)22/h5-7,9-10,12-13,20H,3-4,8,11H2,1-2H3. The molecule has 1 aliphatic rings. The fourth-order valence-electron chi connectivity index (χ4n) is 3.08. The number of hydrogen-bond acceptors (Lipinski definition) is 3. The summed E-state index contributed by atoms with van der Waals surface area (Å²) in [5.74, 6) is 0.127. The number of carbonyl (C=O) groups is 1. The molecule has 1 saturated heterocycles. The second-order valence-corrected chi connectivity index (χ2v) is 8.11. The number of piperidine rings is 1. The third kappa shape index (κ3) is 3.85. The molecule has 0 unspecified atom stereocenters. The second-order valence-electron chi connectivity index (χ2n) is 6.43. The van der Waals surface area contributed by atoms with E-state index in [0.717, 1.165) is 29.7 Å². The first-order valence-electron chi connectivity index (χ1n) is 8.37. The third-order valence-electron chi connectivity index (χ3n) is 4.36. The molecule has 1 amide bonds. The van der Waals surface area contributed by atoms with E-state index >= 15 is 0 Å². The number of aryl methyl sites for hydroxylation is 2. The number of amides is 1. The molecule has 0 aromatic heterocycles. The Hall–Kier alpha value is -2.34. The average Bonchev–Trinajstić information content (AvgIpc) is 2.56. The molecule has 0 bridgehead atoms. The molecule has 25 heavy (non-hydrogen) atoms. The van der Waals surface area contributed by atoms with Crippen molar-refractivity contribution in [2.75, 3.05) is 16.2 Å². The van der Waals surface area contributed by atoms with Crippen LogP contribution in [0.1, 0.15) is 30.4 Å². The summed E-state index contributed by atoms with van der Waals surface area (Å²) in [5.41, 5.74) is 3.10. The van der Waals surface area contributed by atoms with Gasteiger partial charge in [0.25, 0.3) is 10.0 Å². The lowest BCUT2D eigenvalue weighted by Crippen LogP contribution is -2.35. The number of carbonyl (C=O) groups excluding carboxylic acids is 1. The van der Waals surface area contributed by atoms with Crippen LogP contribution in [0, 0.1) is 13.8 Å². The molecule has 2 aromatic carbocycles. The highest BCUT2D eigenvalue weighted by Gasteiger charge is 2.21. The van der Waals surface area contributed by atoms with Crippen molar-refractivity contribution >= 4 is 27.3 Å². The maximum atomic E-state index is 12.5. The maximum Gasteiger partial charge on any atom is 0.261 e. The Morgan fingerprint density at radius 3 is 2.52 bits per heavy atom. The Morgan fingerprint density at radius 2 is 1.84 bits per heavy atom. The van der Waals surface area contributed by atoms with Gasteiger partial charge in [0, 0.05) is 24.3 Å². The van der Waals surface area contributed by atoms with E-state index in [9.17, 15) is 13.2 Å². The summed E-state index contributed by atoms with van der Waals surface area (Å²) in [7, 11) is -3.63. The van der Waals surface area contributed by atoms with Gasteiger partial charge in [-0.15, -0.1) is 0 Å². The van der Waals surface area contributed by atoms with Crippen LogP contribution in [-0.4, -0.2) is 20.9 Å². The van der Waals surface area contributed by atoms with Gasteiger partial charge in [-0.1, -0.05) is 12.1 Å². The average molecular weight is 358 g/mol. The van der Waals surface area contributed by atoms with E-state index in [0.29, 0.717) is 18.7 Å². The Morgan fingerprint density at radius 1 is 1.04 bits per heavy atom. The van der Waals surface area contributed by atoms with E-state index in [4.69, 9.17) is 0 Å². The lowest BCUT2D eigenvalue weighted by atomic mass is 10.1. The van der Waals surface area contributed by atoms with Crippen LogP contribution in [0.15, 0.2) is 47.4 Å². The molecule has 0 aliphatic carbocycles. The lowest BCUT2D eigenvalue weighted by molar-refractivity contribution is -0.119. The largest absolute Gasteiger partial charge is 0.312 e. The molecule has 0 saturated carbocycles. The zero-order valence-corrected chi connectivity index (χ0v) is 15.3. The van der Waals surface area contributed by atoms with E-state index < -0.39 is 10.0 Å². The molecule has 6 heteroatoms. The van der Waals surface area contributed by atoms with Crippen LogP contribution >= 0.6 is 0 Å². The number of anilines is 2. The molecule has 5 nitrogen and oxygen atoms in total. The summed E-state index contributed by atoms with van der Waals surface area (Å²) in [6, 6.07) is 12.1. The molecule has 132 valence electrons. The summed E-state index contributed by atoms with van der Waals surface area (Å²) >= 11 is 0. The van der Waals surface area contributed by atoms with Crippen LogP contribution < -0.4 is 9.62 Å². The van der Waals surface area contributed by atoms with E-state index in [-0.39, 0.29) is 10.8 Å². The Bertz CT molecular complexity index is 907. The summed E-state index contributed by atoms with van der Waals surface area (Å²) in [4.78, 5) is 14.1. The monoisotopic (exact) mass is 358 g/mol. The normalized spacial score (nSPS) is 15.3. The zero-order valence-electron chi connectivity index (χ0n) is 14.5. The maximum absolute atomic E-state index is 12.5. The number of rotatable bonds is 4. The molecular weight excluding hydrogens is 336 g/mol. The molecule has 2 aromatic rings. The summed E-state index contributed by atoms with van der Waals surface area (Å²) in [6.45, 7) is 4.46. The van der Waals surface area contributed by atoms with Gasteiger partial charge in [-0.25, -0.2) is 8.42 Å². The number of nitrogens with zero attached hydrogens (tertiary/aromatic N) is 1. The van der Waals surface area contributed by atoms with Crippen molar-refractivity contribution in [1.29, 1.82) is 0 Å². The highest BCUT2D eigenvalue weighted by Crippen LogP contribution is 2.28. The Balaban J connectivity index is 1.84. The molecule has 3 rings (SSSR count). The quantitative estimate of drug-likeness (QED) is 0.908. The van der Waals surface area contributed by atoms with E-state index in [1.54, 1.807) is 35.2 Å². The minimum absolute atomic E-state index is 0.127. The van der Waals surface area contributed by atoms with Crippen molar-refractivity contribution in [1.82, 2.24) is 0 Å². The van der Waals surface area contributed by atoms with Crippen molar-refractivity contribution in [2.45, 2.75) is 38.0 Å². The van der Waals surface area contributed by atoms with Gasteiger partial charge >= 0.3 is 0 Å². The summed E-state index contributed by atoms with van der Waals surface area (Å²) in [6.07, 6.45) is 2.50. The molecule has 1 aliphatic heterocycles. The minimum atomic E-state index is -3.63. The SMILES string of the molecule is Cc1cccc(S(=O)(=O)Nc2ccc(N3CCCCC3=O)c(C)c2)c1. The van der Waals surface area contributed by atoms with Crippen molar-refractivity contribution in [3.05, 3.63) is 53.6 Å². The predicted octanol–water partition coefficient (Wildman–Crippen LogP) is 3.62.